The Labute approximate surface area is 162 Å². The summed E-state index contributed by atoms with van der Waals surface area (Å²) in [4.78, 5) is 5.75. The van der Waals surface area contributed by atoms with Crippen molar-refractivity contribution >= 4 is 18.0 Å². The van der Waals surface area contributed by atoms with Crippen molar-refractivity contribution in [2.24, 2.45) is 0 Å². The molecule has 0 aliphatic heterocycles. The molecule has 1 N–H and O–H groups in total. The van der Waals surface area contributed by atoms with Gasteiger partial charge in [-0.1, -0.05) is 18.2 Å². The molecular formula is C19H22N7S+. The van der Waals surface area contributed by atoms with E-state index in [1.54, 1.807) is 0 Å². The van der Waals surface area contributed by atoms with Crippen LogP contribution >= 0.6 is 12.2 Å². The largest absolute Gasteiger partial charge is 0.315 e. The summed E-state index contributed by atoms with van der Waals surface area (Å²) >= 11 is 5.60. The van der Waals surface area contributed by atoms with Crippen molar-refractivity contribution in [3.63, 3.8) is 0 Å². The van der Waals surface area contributed by atoms with Crippen molar-refractivity contribution in [3.05, 3.63) is 70.5 Å². The van der Waals surface area contributed by atoms with E-state index < -0.39 is 0 Å². The zero-order chi connectivity index (χ0) is 19.0. The fourth-order valence-corrected chi connectivity index (χ4v) is 3.60. The van der Waals surface area contributed by atoms with E-state index in [0.717, 1.165) is 29.2 Å². The van der Waals surface area contributed by atoms with Crippen LogP contribution < -0.4 is 4.90 Å². The molecule has 0 bridgehead atoms. The first-order valence-electron chi connectivity index (χ1n) is 8.85. The smallest absolute Gasteiger partial charge is 0.254 e. The first-order valence-corrected chi connectivity index (χ1v) is 9.26. The zero-order valence-corrected chi connectivity index (χ0v) is 16.4. The van der Waals surface area contributed by atoms with Gasteiger partial charge < -0.3 is 4.90 Å². The zero-order valence-electron chi connectivity index (χ0n) is 15.6. The van der Waals surface area contributed by atoms with Gasteiger partial charge in [0.1, 0.15) is 6.54 Å². The normalized spacial score (nSPS) is 12.6. The third-order valence-corrected chi connectivity index (χ3v) is 4.84. The van der Waals surface area contributed by atoms with Crippen LogP contribution in [0.25, 0.3) is 11.5 Å². The van der Waals surface area contributed by atoms with Crippen molar-refractivity contribution in [1.82, 2.24) is 28.9 Å². The second-order valence-electron chi connectivity index (χ2n) is 6.88. The van der Waals surface area contributed by atoms with Crippen LogP contribution in [0.1, 0.15) is 17.0 Å². The number of aromatic nitrogens is 6. The number of hydrogen-bond donors (Lipinski definition) is 1. The van der Waals surface area contributed by atoms with Crippen LogP contribution in [-0.4, -0.2) is 36.0 Å². The van der Waals surface area contributed by atoms with Crippen molar-refractivity contribution in [3.8, 4) is 5.69 Å². The summed E-state index contributed by atoms with van der Waals surface area (Å²) in [6, 6.07) is 12.1. The lowest BCUT2D eigenvalue weighted by Gasteiger charge is -2.12. The molecule has 8 heteroatoms. The molecule has 1 unspecified atom stereocenters. The highest BCUT2D eigenvalue weighted by atomic mass is 32.1. The molecule has 0 spiro atoms. The number of rotatable bonds is 5. The lowest BCUT2D eigenvalue weighted by atomic mass is 10.3. The molecule has 0 fully saturated rings. The highest BCUT2D eigenvalue weighted by molar-refractivity contribution is 7.71. The SMILES string of the molecule is Cc1cc(C)n2c(=S)n(C[NH+](C)Cc3cnn(-c4ccccc4)c3)nc2n1. The Hall–Kier alpha value is -2.84. The van der Waals surface area contributed by atoms with Crippen LogP contribution in [0, 0.1) is 18.6 Å². The van der Waals surface area contributed by atoms with Crippen molar-refractivity contribution in [1.29, 1.82) is 0 Å². The highest BCUT2D eigenvalue weighted by Crippen LogP contribution is 2.08. The average Bonchev–Trinajstić information content (AvgIpc) is 3.21. The topological polar surface area (TPSA) is 57.4 Å². The van der Waals surface area contributed by atoms with Crippen molar-refractivity contribution in [2.45, 2.75) is 27.1 Å². The maximum atomic E-state index is 5.60. The van der Waals surface area contributed by atoms with Crippen LogP contribution in [-0.2, 0) is 13.2 Å². The van der Waals surface area contributed by atoms with Gasteiger partial charge in [0.25, 0.3) is 5.78 Å². The minimum atomic E-state index is 0.655. The summed E-state index contributed by atoms with van der Waals surface area (Å²) in [5, 5.41) is 9.06. The van der Waals surface area contributed by atoms with Gasteiger partial charge in [-0.2, -0.15) is 9.78 Å². The third-order valence-electron chi connectivity index (χ3n) is 4.45. The number of quaternary nitrogens is 1. The van der Waals surface area contributed by atoms with E-state index in [9.17, 15) is 0 Å². The molecule has 27 heavy (non-hydrogen) atoms. The Bertz CT molecular complexity index is 1140. The predicted molar refractivity (Wildman–Crippen MR) is 105 cm³/mol. The fraction of sp³-hybridized carbons (Fsp3) is 0.263. The maximum Gasteiger partial charge on any atom is 0.254 e. The first kappa shape index (κ1) is 17.6. The van der Waals surface area contributed by atoms with Gasteiger partial charge in [-0.15, -0.1) is 5.10 Å². The Morgan fingerprint density at radius 1 is 1.15 bits per heavy atom. The number of benzene rings is 1. The molecule has 0 aliphatic carbocycles. The summed E-state index contributed by atoms with van der Waals surface area (Å²) in [5.41, 5.74) is 4.22. The molecule has 4 aromatic rings. The van der Waals surface area contributed by atoms with Gasteiger partial charge in [0, 0.05) is 23.1 Å². The van der Waals surface area contributed by atoms with Crippen LogP contribution in [0.4, 0.5) is 0 Å². The molecule has 0 amide bonds. The van der Waals surface area contributed by atoms with Gasteiger partial charge in [-0.05, 0) is 44.3 Å². The van der Waals surface area contributed by atoms with Gasteiger partial charge in [0.15, 0.2) is 6.67 Å². The van der Waals surface area contributed by atoms with Crippen molar-refractivity contribution < 1.29 is 4.90 Å². The molecular weight excluding hydrogens is 358 g/mol. The Morgan fingerprint density at radius 3 is 2.70 bits per heavy atom. The van der Waals surface area contributed by atoms with Gasteiger partial charge in [-0.3, -0.25) is 4.40 Å². The van der Waals surface area contributed by atoms with E-state index in [1.165, 1.54) is 4.90 Å². The van der Waals surface area contributed by atoms with Gasteiger partial charge in [0.2, 0.25) is 4.77 Å². The van der Waals surface area contributed by atoms with E-state index >= 15 is 0 Å². The fourth-order valence-electron chi connectivity index (χ4n) is 3.27. The average molecular weight is 381 g/mol. The standard InChI is InChI=1S/C19H21N7S/c1-14-9-15(2)26-18(21-14)22-25(19(26)27)13-23(3)11-16-10-20-24(12-16)17-7-5-4-6-8-17/h4-10,12H,11,13H2,1-3H3/p+1. The summed E-state index contributed by atoms with van der Waals surface area (Å²) in [6.07, 6.45) is 3.98. The number of fused-ring (bicyclic) bond motifs is 1. The molecule has 1 atom stereocenters. The second kappa shape index (κ2) is 7.05. The van der Waals surface area contributed by atoms with E-state index in [2.05, 4.69) is 28.4 Å². The van der Waals surface area contributed by atoms with E-state index in [-0.39, 0.29) is 0 Å². The second-order valence-corrected chi connectivity index (χ2v) is 7.24. The quantitative estimate of drug-likeness (QED) is 0.536. The summed E-state index contributed by atoms with van der Waals surface area (Å²) in [5.74, 6) is 0.655. The Kier molecular flexibility index (Phi) is 4.59. The molecule has 138 valence electrons. The monoisotopic (exact) mass is 380 g/mol. The first-order chi connectivity index (χ1) is 13.0. The van der Waals surface area contributed by atoms with Gasteiger partial charge in [-0.25, -0.2) is 9.67 Å². The molecule has 0 saturated carbocycles. The third kappa shape index (κ3) is 3.54. The predicted octanol–water partition coefficient (Wildman–Crippen LogP) is 1.74. The van der Waals surface area contributed by atoms with Crippen LogP contribution in [0.15, 0.2) is 48.8 Å². The molecule has 1 aromatic carbocycles. The minimum Gasteiger partial charge on any atom is -0.315 e. The van der Waals surface area contributed by atoms with Crippen LogP contribution in [0.2, 0.25) is 0 Å². The van der Waals surface area contributed by atoms with Gasteiger partial charge >= 0.3 is 0 Å². The lowest BCUT2D eigenvalue weighted by Crippen LogP contribution is -3.07. The molecule has 3 heterocycles. The summed E-state index contributed by atoms with van der Waals surface area (Å²) < 4.78 is 6.34. The van der Waals surface area contributed by atoms with Crippen LogP contribution in [0.3, 0.4) is 0 Å². The van der Waals surface area contributed by atoms with Gasteiger partial charge in [0.05, 0.1) is 18.9 Å². The van der Waals surface area contributed by atoms with E-state index in [1.807, 2.05) is 70.2 Å². The molecule has 3 aromatic heterocycles. The summed E-state index contributed by atoms with van der Waals surface area (Å²) in [6.45, 7) is 5.49. The number of nitrogens with zero attached hydrogens (tertiary/aromatic N) is 6. The molecule has 0 saturated heterocycles. The lowest BCUT2D eigenvalue weighted by molar-refractivity contribution is -0.917. The molecule has 7 nitrogen and oxygen atoms in total. The minimum absolute atomic E-state index is 0.655. The number of nitrogens with one attached hydrogen (secondary N) is 1. The Balaban J connectivity index is 1.52. The molecule has 0 aliphatic rings. The number of aryl methyl sites for hydroxylation is 2. The highest BCUT2D eigenvalue weighted by Gasteiger charge is 2.13. The van der Waals surface area contributed by atoms with Crippen molar-refractivity contribution in [2.75, 3.05) is 7.05 Å². The number of para-hydroxylation sites is 1. The van der Waals surface area contributed by atoms with Crippen LogP contribution in [0.5, 0.6) is 0 Å². The molecule has 0 radical (unpaired) electrons. The summed E-state index contributed by atoms with van der Waals surface area (Å²) in [7, 11) is 2.12. The maximum absolute atomic E-state index is 5.60. The van der Waals surface area contributed by atoms with E-state index in [4.69, 9.17) is 12.2 Å². The number of hydrogen-bond acceptors (Lipinski definition) is 4. The molecule has 4 rings (SSSR count). The Morgan fingerprint density at radius 2 is 1.93 bits per heavy atom. The van der Waals surface area contributed by atoms with E-state index in [0.29, 0.717) is 17.2 Å².